The van der Waals surface area contributed by atoms with Crippen molar-refractivity contribution in [1.82, 2.24) is 0 Å². The predicted octanol–water partition coefficient (Wildman–Crippen LogP) is 6.12. The van der Waals surface area contributed by atoms with Crippen LogP contribution in [0.2, 0.25) is 0 Å². The summed E-state index contributed by atoms with van der Waals surface area (Å²) in [6.45, 7) is 7.57. The normalized spacial score (nSPS) is 10.9. The van der Waals surface area contributed by atoms with Gasteiger partial charge in [-0.3, -0.25) is 14.9 Å². The molecule has 3 aromatic rings. The van der Waals surface area contributed by atoms with Crippen molar-refractivity contribution in [2.75, 3.05) is 23.3 Å². The first kappa shape index (κ1) is 23.4. The van der Waals surface area contributed by atoms with Crippen LogP contribution in [0.5, 0.6) is 5.75 Å². The van der Waals surface area contributed by atoms with Crippen molar-refractivity contribution in [3.63, 3.8) is 0 Å². The SMILES string of the molecule is CCN(CC)c1ccc(N=Nc2cc([N+](=O)[O-])ccc2O)c(NC(=O)c2ccc(C)cc2)c1. The first-order valence-corrected chi connectivity index (χ1v) is 10.5. The first-order chi connectivity index (χ1) is 15.8. The molecule has 0 saturated carbocycles. The molecule has 9 heteroatoms. The van der Waals surface area contributed by atoms with Crippen LogP contribution in [0.1, 0.15) is 29.8 Å². The quantitative estimate of drug-likeness (QED) is 0.245. The van der Waals surface area contributed by atoms with E-state index in [-0.39, 0.29) is 23.0 Å². The number of phenols is 1. The zero-order valence-corrected chi connectivity index (χ0v) is 18.6. The van der Waals surface area contributed by atoms with Gasteiger partial charge in [-0.1, -0.05) is 17.7 Å². The van der Waals surface area contributed by atoms with Crippen LogP contribution in [0.15, 0.2) is 70.9 Å². The van der Waals surface area contributed by atoms with Crippen LogP contribution in [0, 0.1) is 17.0 Å². The van der Waals surface area contributed by atoms with E-state index in [1.165, 1.54) is 12.1 Å². The molecule has 0 heterocycles. The van der Waals surface area contributed by atoms with Gasteiger partial charge in [-0.2, -0.15) is 0 Å². The number of benzene rings is 3. The molecule has 3 rings (SSSR count). The Labute approximate surface area is 191 Å². The van der Waals surface area contributed by atoms with Gasteiger partial charge in [0.1, 0.15) is 17.1 Å². The number of hydrogen-bond donors (Lipinski definition) is 2. The van der Waals surface area contributed by atoms with Crippen molar-refractivity contribution in [1.29, 1.82) is 0 Å². The first-order valence-electron chi connectivity index (χ1n) is 10.5. The van der Waals surface area contributed by atoms with Gasteiger partial charge >= 0.3 is 0 Å². The molecule has 0 aromatic heterocycles. The molecule has 0 spiro atoms. The number of carbonyl (C=O) groups excluding carboxylic acids is 1. The fourth-order valence-electron chi connectivity index (χ4n) is 3.21. The number of carbonyl (C=O) groups is 1. The molecule has 0 aliphatic heterocycles. The minimum absolute atomic E-state index is 0.0483. The largest absolute Gasteiger partial charge is 0.506 e. The number of aromatic hydroxyl groups is 1. The molecule has 9 nitrogen and oxygen atoms in total. The van der Waals surface area contributed by atoms with E-state index in [0.29, 0.717) is 16.9 Å². The summed E-state index contributed by atoms with van der Waals surface area (Å²) < 4.78 is 0. The zero-order chi connectivity index (χ0) is 24.0. The zero-order valence-electron chi connectivity index (χ0n) is 18.6. The van der Waals surface area contributed by atoms with Gasteiger partial charge in [0.25, 0.3) is 11.6 Å². The molecule has 0 saturated heterocycles. The van der Waals surface area contributed by atoms with E-state index in [1.807, 2.05) is 39.0 Å². The van der Waals surface area contributed by atoms with Gasteiger partial charge in [0.15, 0.2) is 0 Å². The Morgan fingerprint density at radius 2 is 1.67 bits per heavy atom. The van der Waals surface area contributed by atoms with E-state index in [2.05, 4.69) is 20.4 Å². The third-order valence-corrected chi connectivity index (χ3v) is 5.11. The Morgan fingerprint density at radius 1 is 1.00 bits per heavy atom. The Kier molecular flexibility index (Phi) is 7.34. The molecular formula is C24H25N5O4. The average molecular weight is 447 g/mol. The number of non-ortho nitro benzene ring substituents is 1. The molecule has 0 unspecified atom stereocenters. The number of rotatable bonds is 8. The Morgan fingerprint density at radius 3 is 2.30 bits per heavy atom. The number of amides is 1. The summed E-state index contributed by atoms with van der Waals surface area (Å²) in [5.41, 5.74) is 2.95. The number of nitrogens with zero attached hydrogens (tertiary/aromatic N) is 4. The van der Waals surface area contributed by atoms with Crippen molar-refractivity contribution in [3.05, 3.63) is 81.9 Å². The number of azo groups is 1. The molecular weight excluding hydrogens is 422 g/mol. The molecule has 170 valence electrons. The van der Waals surface area contributed by atoms with Gasteiger partial charge in [0, 0.05) is 36.5 Å². The van der Waals surface area contributed by atoms with Crippen LogP contribution in [-0.4, -0.2) is 29.0 Å². The monoisotopic (exact) mass is 447 g/mol. The van der Waals surface area contributed by atoms with E-state index in [1.54, 1.807) is 24.3 Å². The second-order valence-electron chi connectivity index (χ2n) is 7.32. The lowest BCUT2D eigenvalue weighted by molar-refractivity contribution is -0.384. The van der Waals surface area contributed by atoms with Crippen LogP contribution in [-0.2, 0) is 0 Å². The third-order valence-electron chi connectivity index (χ3n) is 5.11. The van der Waals surface area contributed by atoms with Gasteiger partial charge in [-0.15, -0.1) is 10.2 Å². The van der Waals surface area contributed by atoms with Gasteiger partial charge < -0.3 is 15.3 Å². The van der Waals surface area contributed by atoms with Crippen molar-refractivity contribution >= 4 is 34.3 Å². The van der Waals surface area contributed by atoms with E-state index >= 15 is 0 Å². The highest BCUT2D eigenvalue weighted by atomic mass is 16.6. The maximum Gasteiger partial charge on any atom is 0.271 e. The van der Waals surface area contributed by atoms with Crippen molar-refractivity contribution in [2.45, 2.75) is 20.8 Å². The summed E-state index contributed by atoms with van der Waals surface area (Å²) in [5, 5.41) is 32.1. The molecule has 0 fully saturated rings. The highest BCUT2D eigenvalue weighted by molar-refractivity contribution is 6.06. The van der Waals surface area contributed by atoms with Crippen LogP contribution < -0.4 is 10.2 Å². The lowest BCUT2D eigenvalue weighted by Gasteiger charge is -2.22. The second-order valence-corrected chi connectivity index (χ2v) is 7.32. The fourth-order valence-corrected chi connectivity index (χ4v) is 3.21. The Bertz CT molecular complexity index is 1190. The lowest BCUT2D eigenvalue weighted by Crippen LogP contribution is -2.22. The van der Waals surface area contributed by atoms with Crippen LogP contribution >= 0.6 is 0 Å². The number of nitrogens with one attached hydrogen (secondary N) is 1. The molecule has 0 aliphatic rings. The fraction of sp³-hybridized carbons (Fsp3) is 0.208. The maximum atomic E-state index is 12.8. The summed E-state index contributed by atoms with van der Waals surface area (Å²) in [6.07, 6.45) is 0. The molecule has 0 aliphatic carbocycles. The summed E-state index contributed by atoms with van der Waals surface area (Å²) in [4.78, 5) is 25.4. The van der Waals surface area contributed by atoms with E-state index in [0.717, 1.165) is 30.4 Å². The number of anilines is 2. The number of phenolic OH excluding ortho intramolecular Hbond substituents is 1. The molecule has 1 amide bonds. The predicted molar refractivity (Wildman–Crippen MR) is 128 cm³/mol. The lowest BCUT2D eigenvalue weighted by atomic mass is 10.1. The van der Waals surface area contributed by atoms with Crippen molar-refractivity contribution in [2.24, 2.45) is 10.2 Å². The summed E-state index contributed by atoms with van der Waals surface area (Å²) >= 11 is 0. The Hall–Kier alpha value is -4.27. The van der Waals surface area contributed by atoms with Crippen LogP contribution in [0.25, 0.3) is 0 Å². The molecule has 2 N–H and O–H groups in total. The molecule has 33 heavy (non-hydrogen) atoms. The van der Waals surface area contributed by atoms with Gasteiger partial charge in [-0.05, 0) is 57.2 Å². The average Bonchev–Trinajstić information content (AvgIpc) is 2.80. The van der Waals surface area contributed by atoms with Gasteiger partial charge in [0.2, 0.25) is 0 Å². The third kappa shape index (κ3) is 5.70. The summed E-state index contributed by atoms with van der Waals surface area (Å²) in [6, 6.07) is 16.1. The molecule has 3 aromatic carbocycles. The van der Waals surface area contributed by atoms with E-state index in [4.69, 9.17) is 0 Å². The van der Waals surface area contributed by atoms with E-state index in [9.17, 15) is 20.0 Å². The minimum atomic E-state index is -0.579. The Balaban J connectivity index is 1.99. The summed E-state index contributed by atoms with van der Waals surface area (Å²) in [5.74, 6) is -0.546. The van der Waals surface area contributed by atoms with Crippen molar-refractivity contribution in [3.8, 4) is 5.75 Å². The topological polar surface area (TPSA) is 120 Å². The number of aryl methyl sites for hydroxylation is 1. The highest BCUT2D eigenvalue weighted by Crippen LogP contribution is 2.35. The number of hydrogen-bond acceptors (Lipinski definition) is 7. The van der Waals surface area contributed by atoms with Crippen LogP contribution in [0.4, 0.5) is 28.4 Å². The van der Waals surface area contributed by atoms with Crippen molar-refractivity contribution < 1.29 is 14.8 Å². The maximum absolute atomic E-state index is 12.8. The molecule has 0 bridgehead atoms. The number of nitro benzene ring substituents is 1. The minimum Gasteiger partial charge on any atom is -0.506 e. The smallest absolute Gasteiger partial charge is 0.271 e. The molecule has 0 atom stereocenters. The molecule has 0 radical (unpaired) electrons. The van der Waals surface area contributed by atoms with Gasteiger partial charge in [0.05, 0.1) is 10.6 Å². The second kappa shape index (κ2) is 10.4. The van der Waals surface area contributed by atoms with Crippen LogP contribution in [0.3, 0.4) is 0 Å². The van der Waals surface area contributed by atoms with Gasteiger partial charge in [-0.25, -0.2) is 0 Å². The number of nitro groups is 1. The summed E-state index contributed by atoms with van der Waals surface area (Å²) in [7, 11) is 0. The highest BCUT2D eigenvalue weighted by Gasteiger charge is 2.14. The van der Waals surface area contributed by atoms with E-state index < -0.39 is 4.92 Å². The standard InChI is InChI=1S/C24H25N5O4/c1-4-28(5-2)18-10-12-20(26-27-22-15-19(29(32)33)11-13-23(22)30)21(14-18)25-24(31)17-8-6-16(3)7-9-17/h6-15,30H,4-5H2,1-3H3,(H,25,31).